The van der Waals surface area contributed by atoms with Gasteiger partial charge in [-0.1, -0.05) is 30.7 Å². The van der Waals surface area contributed by atoms with E-state index in [1.807, 2.05) is 6.92 Å². The Balaban J connectivity index is 1.89. The first-order valence-corrected chi connectivity index (χ1v) is 7.44. The van der Waals surface area contributed by atoms with Gasteiger partial charge in [-0.2, -0.15) is 15.0 Å². The zero-order valence-electron chi connectivity index (χ0n) is 12.5. The van der Waals surface area contributed by atoms with Crippen LogP contribution in [0, 0.1) is 0 Å². The monoisotopic (exact) mass is 284 g/mol. The highest BCUT2D eigenvalue weighted by Gasteiger charge is 2.19. The van der Waals surface area contributed by atoms with E-state index in [2.05, 4.69) is 44.5 Å². The Hall–Kier alpha value is -2.17. The third-order valence-corrected chi connectivity index (χ3v) is 3.88. The van der Waals surface area contributed by atoms with Gasteiger partial charge in [0.2, 0.25) is 5.95 Å². The van der Waals surface area contributed by atoms with Crippen molar-refractivity contribution in [3.63, 3.8) is 0 Å². The summed E-state index contributed by atoms with van der Waals surface area (Å²) in [6, 6.07) is 8.86. The van der Waals surface area contributed by atoms with Crippen molar-refractivity contribution in [3.05, 3.63) is 29.8 Å². The van der Waals surface area contributed by atoms with Gasteiger partial charge in [0.1, 0.15) is 0 Å². The van der Waals surface area contributed by atoms with Gasteiger partial charge in [-0.3, -0.25) is 0 Å². The quantitative estimate of drug-likeness (QED) is 0.913. The number of nitrogens with zero attached hydrogens (tertiary/aromatic N) is 3. The molecule has 110 valence electrons. The standard InChI is InChI=1S/C16H20N4O/c1-3-17-15-18-14(19-16(20-15)21-2)13-9-7-12(8-10-13)11-5-4-6-11/h7-11H,3-6H2,1-2H3,(H,17,18,19,20). The van der Waals surface area contributed by atoms with E-state index in [1.165, 1.54) is 24.8 Å². The summed E-state index contributed by atoms with van der Waals surface area (Å²) in [5, 5.41) is 3.10. The molecule has 0 amide bonds. The highest BCUT2D eigenvalue weighted by molar-refractivity contribution is 5.57. The van der Waals surface area contributed by atoms with Crippen LogP contribution in [0.15, 0.2) is 24.3 Å². The summed E-state index contributed by atoms with van der Waals surface area (Å²) < 4.78 is 5.15. The average Bonchev–Trinajstić information content (AvgIpc) is 2.46. The fourth-order valence-electron chi connectivity index (χ4n) is 2.46. The molecule has 2 aromatic rings. The number of rotatable bonds is 5. The van der Waals surface area contributed by atoms with Crippen LogP contribution in [0.2, 0.25) is 0 Å². The molecule has 3 rings (SSSR count). The number of ether oxygens (including phenoxy) is 1. The molecule has 1 heterocycles. The number of aromatic nitrogens is 3. The first kappa shape index (κ1) is 13.8. The lowest BCUT2D eigenvalue weighted by molar-refractivity contribution is 0.379. The molecule has 0 aliphatic heterocycles. The predicted molar refractivity (Wildman–Crippen MR) is 82.6 cm³/mol. The van der Waals surface area contributed by atoms with E-state index >= 15 is 0 Å². The van der Waals surface area contributed by atoms with Crippen LogP contribution in [-0.2, 0) is 0 Å². The van der Waals surface area contributed by atoms with Crippen molar-refractivity contribution in [1.29, 1.82) is 0 Å². The van der Waals surface area contributed by atoms with Crippen molar-refractivity contribution < 1.29 is 4.74 Å². The number of nitrogens with one attached hydrogen (secondary N) is 1. The Morgan fingerprint density at radius 2 is 1.90 bits per heavy atom. The Labute approximate surface area is 124 Å². The Morgan fingerprint density at radius 1 is 1.14 bits per heavy atom. The second kappa shape index (κ2) is 6.08. The smallest absolute Gasteiger partial charge is 0.321 e. The van der Waals surface area contributed by atoms with Crippen LogP contribution < -0.4 is 10.1 Å². The fourth-order valence-corrected chi connectivity index (χ4v) is 2.46. The van der Waals surface area contributed by atoms with Crippen LogP contribution in [0.1, 0.15) is 37.7 Å². The summed E-state index contributed by atoms with van der Waals surface area (Å²) in [6.07, 6.45) is 3.97. The van der Waals surface area contributed by atoms with Crippen LogP contribution in [0.3, 0.4) is 0 Å². The van der Waals surface area contributed by atoms with Crippen molar-refractivity contribution in [1.82, 2.24) is 15.0 Å². The first-order chi connectivity index (χ1) is 10.3. The molecule has 0 radical (unpaired) electrons. The summed E-state index contributed by atoms with van der Waals surface area (Å²) in [7, 11) is 1.56. The molecule has 1 aromatic heterocycles. The Kier molecular flexibility index (Phi) is 3.99. The molecule has 21 heavy (non-hydrogen) atoms. The highest BCUT2D eigenvalue weighted by Crippen LogP contribution is 2.36. The Bertz CT molecular complexity index is 608. The lowest BCUT2D eigenvalue weighted by Gasteiger charge is -2.25. The molecule has 0 atom stereocenters. The normalized spacial score (nSPS) is 14.6. The summed E-state index contributed by atoms with van der Waals surface area (Å²) in [6.45, 7) is 2.76. The van der Waals surface area contributed by atoms with Gasteiger partial charge in [-0.05, 0) is 31.2 Å². The van der Waals surface area contributed by atoms with E-state index in [9.17, 15) is 0 Å². The first-order valence-electron chi connectivity index (χ1n) is 7.44. The van der Waals surface area contributed by atoms with Crippen molar-refractivity contribution in [2.45, 2.75) is 32.1 Å². The second-order valence-corrected chi connectivity index (χ2v) is 5.25. The lowest BCUT2D eigenvalue weighted by Crippen LogP contribution is -2.08. The number of hydrogen-bond acceptors (Lipinski definition) is 5. The molecule has 5 nitrogen and oxygen atoms in total. The van der Waals surface area contributed by atoms with Crippen LogP contribution in [0.4, 0.5) is 5.95 Å². The average molecular weight is 284 g/mol. The van der Waals surface area contributed by atoms with Gasteiger partial charge >= 0.3 is 6.01 Å². The summed E-state index contributed by atoms with van der Waals surface area (Å²) >= 11 is 0. The zero-order valence-corrected chi connectivity index (χ0v) is 12.5. The van der Waals surface area contributed by atoms with Crippen molar-refractivity contribution >= 4 is 5.95 Å². The SMILES string of the molecule is CCNc1nc(OC)nc(-c2ccc(C3CCC3)cc2)n1. The predicted octanol–water partition coefficient (Wildman–Crippen LogP) is 3.25. The largest absolute Gasteiger partial charge is 0.467 e. The van der Waals surface area contributed by atoms with Gasteiger partial charge in [-0.25, -0.2) is 0 Å². The van der Waals surface area contributed by atoms with Crippen molar-refractivity contribution in [2.24, 2.45) is 0 Å². The van der Waals surface area contributed by atoms with Gasteiger partial charge < -0.3 is 10.1 Å². The van der Waals surface area contributed by atoms with E-state index < -0.39 is 0 Å². The van der Waals surface area contributed by atoms with Gasteiger partial charge in [0.15, 0.2) is 5.82 Å². The zero-order chi connectivity index (χ0) is 14.7. The lowest BCUT2D eigenvalue weighted by atomic mass is 9.80. The Morgan fingerprint density at radius 3 is 2.48 bits per heavy atom. The molecule has 1 aromatic carbocycles. The maximum Gasteiger partial charge on any atom is 0.321 e. The molecule has 1 fully saturated rings. The van der Waals surface area contributed by atoms with Crippen molar-refractivity contribution in [2.75, 3.05) is 19.0 Å². The number of hydrogen-bond donors (Lipinski definition) is 1. The molecule has 0 bridgehead atoms. The van der Waals surface area contributed by atoms with E-state index in [0.717, 1.165) is 18.0 Å². The molecule has 1 N–H and O–H groups in total. The third kappa shape index (κ3) is 2.96. The van der Waals surface area contributed by atoms with Crippen LogP contribution >= 0.6 is 0 Å². The number of methoxy groups -OCH3 is 1. The second-order valence-electron chi connectivity index (χ2n) is 5.25. The van der Waals surface area contributed by atoms with Crippen LogP contribution in [0.25, 0.3) is 11.4 Å². The summed E-state index contributed by atoms with van der Waals surface area (Å²) in [5.41, 5.74) is 2.40. The van der Waals surface area contributed by atoms with Crippen molar-refractivity contribution in [3.8, 4) is 17.4 Å². The van der Waals surface area contributed by atoms with Gasteiger partial charge in [-0.15, -0.1) is 0 Å². The third-order valence-electron chi connectivity index (χ3n) is 3.88. The minimum Gasteiger partial charge on any atom is -0.467 e. The molecule has 0 spiro atoms. The van der Waals surface area contributed by atoms with Gasteiger partial charge in [0.25, 0.3) is 0 Å². The van der Waals surface area contributed by atoms with Gasteiger partial charge in [0.05, 0.1) is 7.11 Å². The fraction of sp³-hybridized carbons (Fsp3) is 0.438. The number of anilines is 1. The van der Waals surface area contributed by atoms with E-state index in [1.54, 1.807) is 7.11 Å². The van der Waals surface area contributed by atoms with E-state index in [-0.39, 0.29) is 0 Å². The van der Waals surface area contributed by atoms with Crippen LogP contribution in [0.5, 0.6) is 6.01 Å². The minimum atomic E-state index is 0.332. The van der Waals surface area contributed by atoms with Crippen LogP contribution in [-0.4, -0.2) is 28.6 Å². The molecule has 5 heteroatoms. The molecular weight excluding hydrogens is 264 g/mol. The molecule has 1 aliphatic rings. The molecule has 0 unspecified atom stereocenters. The minimum absolute atomic E-state index is 0.332. The summed E-state index contributed by atoms with van der Waals surface area (Å²) in [4.78, 5) is 12.9. The van der Waals surface area contributed by atoms with E-state index in [0.29, 0.717) is 17.8 Å². The number of benzene rings is 1. The molecule has 1 aliphatic carbocycles. The summed E-state index contributed by atoms with van der Waals surface area (Å²) in [5.74, 6) is 1.92. The maximum atomic E-state index is 5.15. The topological polar surface area (TPSA) is 59.9 Å². The molecule has 0 saturated heterocycles. The highest BCUT2D eigenvalue weighted by atomic mass is 16.5. The molecular formula is C16H20N4O. The molecule has 1 saturated carbocycles. The maximum absolute atomic E-state index is 5.15. The van der Waals surface area contributed by atoms with E-state index in [4.69, 9.17) is 4.74 Å². The van der Waals surface area contributed by atoms with Gasteiger partial charge in [0, 0.05) is 12.1 Å².